The number of ether oxygens (including phenoxy) is 1. The summed E-state index contributed by atoms with van der Waals surface area (Å²) in [5, 5.41) is 3.53. The molecule has 1 saturated heterocycles. The van der Waals surface area contributed by atoms with Gasteiger partial charge in [-0.15, -0.1) is 0 Å². The fourth-order valence-corrected chi connectivity index (χ4v) is 2.61. The van der Waals surface area contributed by atoms with Gasteiger partial charge in [-0.1, -0.05) is 11.2 Å². The Hall–Kier alpha value is -2.11. The number of pyridine rings is 1. The Morgan fingerprint density at radius 2 is 2.48 bits per heavy atom. The second kappa shape index (κ2) is 7.06. The van der Waals surface area contributed by atoms with Crippen molar-refractivity contribution in [3.8, 4) is 0 Å². The molecular weight excluding hydrogens is 270 g/mol. The molecule has 7 nitrogen and oxygen atoms in total. The van der Waals surface area contributed by atoms with E-state index >= 15 is 0 Å². The van der Waals surface area contributed by atoms with E-state index in [1.54, 1.807) is 0 Å². The van der Waals surface area contributed by atoms with Gasteiger partial charge in [-0.05, 0) is 37.6 Å². The zero-order valence-corrected chi connectivity index (χ0v) is 12.3. The molecule has 0 radical (unpaired) electrons. The maximum Gasteiger partial charge on any atom is 0.310 e. The van der Waals surface area contributed by atoms with Crippen LogP contribution in [0.5, 0.6) is 0 Å². The molecule has 0 spiro atoms. The van der Waals surface area contributed by atoms with Crippen LogP contribution in [0.15, 0.2) is 23.3 Å². The second-order valence-corrected chi connectivity index (χ2v) is 5.12. The molecule has 1 aliphatic rings. The van der Waals surface area contributed by atoms with Crippen molar-refractivity contribution in [2.75, 3.05) is 20.2 Å². The van der Waals surface area contributed by atoms with Crippen molar-refractivity contribution in [3.05, 3.63) is 40.0 Å². The smallest absolute Gasteiger partial charge is 0.310 e. The summed E-state index contributed by atoms with van der Waals surface area (Å²) in [5.74, 6) is -0.196. The highest BCUT2D eigenvalue weighted by molar-refractivity contribution is 5.72. The summed E-state index contributed by atoms with van der Waals surface area (Å²) in [7, 11) is 1.43. The minimum absolute atomic E-state index is 0.0520. The first kappa shape index (κ1) is 15.3. The van der Waals surface area contributed by atoms with Crippen molar-refractivity contribution in [3.63, 3.8) is 0 Å². The zero-order chi connectivity index (χ0) is 15.2. The number of carbonyl (C=O) groups is 1. The van der Waals surface area contributed by atoms with Gasteiger partial charge in [-0.3, -0.25) is 14.7 Å². The minimum atomic E-state index is -0.144. The van der Waals surface area contributed by atoms with Crippen LogP contribution in [0, 0.1) is 5.92 Å². The number of likely N-dealkylation sites (tertiary alicyclic amines) is 1. The number of nitrogens with zero attached hydrogens (tertiary/aromatic N) is 5. The quantitative estimate of drug-likeness (QED) is 0.360. The molecule has 1 aliphatic heterocycles. The van der Waals surface area contributed by atoms with Gasteiger partial charge in [0.2, 0.25) is 0 Å². The number of esters is 1. The molecule has 0 saturated carbocycles. The number of hydrogen-bond acceptors (Lipinski definition) is 5. The Labute approximate surface area is 123 Å². The summed E-state index contributed by atoms with van der Waals surface area (Å²) in [6.45, 7) is 3.86. The molecule has 0 N–H and O–H groups in total. The molecule has 2 heterocycles. The zero-order valence-electron chi connectivity index (χ0n) is 12.3. The summed E-state index contributed by atoms with van der Waals surface area (Å²) < 4.78 is 4.80. The topological polar surface area (TPSA) is 91.2 Å². The van der Waals surface area contributed by atoms with E-state index in [-0.39, 0.29) is 24.5 Å². The Balaban J connectivity index is 2.05. The van der Waals surface area contributed by atoms with Crippen LogP contribution in [0.4, 0.5) is 0 Å². The third-order valence-electron chi connectivity index (χ3n) is 3.85. The lowest BCUT2D eigenvalue weighted by molar-refractivity contribution is -0.145. The average molecular weight is 289 g/mol. The molecular formula is C14H19N5O2. The monoisotopic (exact) mass is 289 g/mol. The number of hydrogen-bond donors (Lipinski definition) is 0. The van der Waals surface area contributed by atoms with E-state index in [4.69, 9.17) is 10.3 Å². The maximum absolute atomic E-state index is 11.6. The molecule has 0 unspecified atom stereocenters. The highest BCUT2D eigenvalue weighted by atomic mass is 16.5. The van der Waals surface area contributed by atoms with Crippen molar-refractivity contribution >= 4 is 5.97 Å². The van der Waals surface area contributed by atoms with Gasteiger partial charge in [-0.25, -0.2) is 0 Å². The lowest BCUT2D eigenvalue weighted by Crippen LogP contribution is -2.27. The van der Waals surface area contributed by atoms with E-state index < -0.39 is 0 Å². The summed E-state index contributed by atoms with van der Waals surface area (Å²) in [6.07, 6.45) is 0.815. The fraction of sp³-hybridized carbons (Fsp3) is 0.571. The first-order chi connectivity index (χ1) is 10.2. The standard InChI is InChI=1S/C14H19N5O2/c1-10(19-7-6-11(9-19)14(20)21-2)13-5-3-4-12(17-13)8-16-18-15/h3-5,10-11H,6-9H2,1-2H3/t10-,11+/m1/s1. The van der Waals surface area contributed by atoms with Crippen molar-refractivity contribution < 1.29 is 9.53 Å². The highest BCUT2D eigenvalue weighted by Gasteiger charge is 2.32. The first-order valence-electron chi connectivity index (χ1n) is 6.94. The predicted molar refractivity (Wildman–Crippen MR) is 77.2 cm³/mol. The SMILES string of the molecule is COC(=O)[C@H]1CCN([C@H](C)c2cccc(CN=[N+]=[N-])n2)C1. The molecule has 1 aromatic rings. The van der Waals surface area contributed by atoms with Crippen LogP contribution < -0.4 is 0 Å². The lowest BCUT2D eigenvalue weighted by Gasteiger charge is -2.24. The van der Waals surface area contributed by atoms with Gasteiger partial charge in [0.25, 0.3) is 0 Å². The summed E-state index contributed by atoms with van der Waals surface area (Å²) in [5.41, 5.74) is 10.0. The molecule has 112 valence electrons. The van der Waals surface area contributed by atoms with Gasteiger partial charge < -0.3 is 4.74 Å². The van der Waals surface area contributed by atoms with Crippen LogP contribution in [0.2, 0.25) is 0 Å². The van der Waals surface area contributed by atoms with Crippen LogP contribution in [-0.2, 0) is 16.1 Å². The first-order valence-corrected chi connectivity index (χ1v) is 6.94. The molecule has 2 rings (SSSR count). The molecule has 21 heavy (non-hydrogen) atoms. The number of rotatable bonds is 5. The summed E-state index contributed by atoms with van der Waals surface area (Å²) in [4.78, 5) is 21.1. The predicted octanol–water partition coefficient (Wildman–Crippen LogP) is 2.45. The van der Waals surface area contributed by atoms with Gasteiger partial charge in [0.1, 0.15) is 0 Å². The molecule has 0 aliphatic carbocycles. The number of methoxy groups -OCH3 is 1. The van der Waals surface area contributed by atoms with Crippen LogP contribution in [0.25, 0.3) is 10.4 Å². The maximum atomic E-state index is 11.6. The number of carbonyl (C=O) groups excluding carboxylic acids is 1. The van der Waals surface area contributed by atoms with Crippen LogP contribution in [-0.4, -0.2) is 36.1 Å². The molecule has 1 aromatic heterocycles. The summed E-state index contributed by atoms with van der Waals surface area (Å²) in [6, 6.07) is 5.82. The Morgan fingerprint density at radius 1 is 1.67 bits per heavy atom. The summed E-state index contributed by atoms with van der Waals surface area (Å²) >= 11 is 0. The fourth-order valence-electron chi connectivity index (χ4n) is 2.61. The third-order valence-corrected chi connectivity index (χ3v) is 3.85. The van der Waals surface area contributed by atoms with Crippen LogP contribution in [0.3, 0.4) is 0 Å². The van der Waals surface area contributed by atoms with Crippen LogP contribution >= 0.6 is 0 Å². The molecule has 0 aromatic carbocycles. The molecule has 0 bridgehead atoms. The van der Waals surface area contributed by atoms with E-state index in [0.29, 0.717) is 6.54 Å². The number of aromatic nitrogens is 1. The van der Waals surface area contributed by atoms with Crippen molar-refractivity contribution in [1.29, 1.82) is 0 Å². The largest absolute Gasteiger partial charge is 0.469 e. The van der Waals surface area contributed by atoms with Gasteiger partial charge >= 0.3 is 5.97 Å². The molecule has 1 fully saturated rings. The van der Waals surface area contributed by atoms with E-state index in [1.165, 1.54) is 7.11 Å². The lowest BCUT2D eigenvalue weighted by atomic mass is 10.1. The average Bonchev–Trinajstić information content (AvgIpc) is 3.01. The van der Waals surface area contributed by atoms with E-state index in [2.05, 4.69) is 26.8 Å². The Bertz CT molecular complexity index is 556. The molecule has 7 heteroatoms. The van der Waals surface area contributed by atoms with Gasteiger partial charge in [-0.2, -0.15) is 0 Å². The van der Waals surface area contributed by atoms with Crippen molar-refractivity contribution in [2.24, 2.45) is 11.0 Å². The molecule has 2 atom stereocenters. The van der Waals surface area contributed by atoms with Gasteiger partial charge in [0, 0.05) is 23.2 Å². The normalized spacial score (nSPS) is 19.8. The van der Waals surface area contributed by atoms with Crippen molar-refractivity contribution in [2.45, 2.75) is 25.9 Å². The Morgan fingerprint density at radius 3 is 3.19 bits per heavy atom. The third kappa shape index (κ3) is 3.71. The van der Waals surface area contributed by atoms with Gasteiger partial charge in [0.05, 0.1) is 25.3 Å². The van der Waals surface area contributed by atoms with E-state index in [9.17, 15) is 4.79 Å². The molecule has 0 amide bonds. The Kier molecular flexibility index (Phi) is 5.14. The number of azide groups is 1. The second-order valence-electron chi connectivity index (χ2n) is 5.12. The minimum Gasteiger partial charge on any atom is -0.469 e. The highest BCUT2D eigenvalue weighted by Crippen LogP contribution is 2.27. The van der Waals surface area contributed by atoms with Crippen molar-refractivity contribution in [1.82, 2.24) is 9.88 Å². The van der Waals surface area contributed by atoms with Crippen LogP contribution in [0.1, 0.15) is 30.8 Å². The van der Waals surface area contributed by atoms with E-state index in [0.717, 1.165) is 24.4 Å². The van der Waals surface area contributed by atoms with E-state index in [1.807, 2.05) is 18.2 Å². The van der Waals surface area contributed by atoms with Gasteiger partial charge in [0.15, 0.2) is 0 Å².